The minimum atomic E-state index is -0.164. The topological polar surface area (TPSA) is 26.3 Å². The Morgan fingerprint density at radius 2 is 2.20 bits per heavy atom. The van der Waals surface area contributed by atoms with Gasteiger partial charge in [0.2, 0.25) is 0 Å². The number of hydrogen-bond acceptors (Lipinski definition) is 2. The Hall–Kier alpha value is -0.790. The van der Waals surface area contributed by atoms with E-state index in [1.165, 1.54) is 12.8 Å². The predicted octanol–water partition coefficient (Wildman–Crippen LogP) is 3.32. The zero-order chi connectivity index (χ0) is 11.3. The molecule has 0 amide bonds. The fraction of sp³-hybridized carbons (Fsp3) is 0.769. The Kier molecular flexibility index (Phi) is 4.86. The summed E-state index contributed by atoms with van der Waals surface area (Å²) in [7, 11) is 0. The number of ether oxygens (including phenoxy) is 1. The highest BCUT2D eigenvalue weighted by atomic mass is 16.5. The highest BCUT2D eigenvalue weighted by Gasteiger charge is 2.22. The number of carbonyl (C=O) groups excluding carboxylic acids is 1. The van der Waals surface area contributed by atoms with Crippen molar-refractivity contribution in [2.75, 3.05) is 6.61 Å². The van der Waals surface area contributed by atoms with E-state index in [0.717, 1.165) is 18.4 Å². The molecular formula is C13H22O2. The van der Waals surface area contributed by atoms with Crippen LogP contribution in [0.25, 0.3) is 0 Å². The molecule has 0 heterocycles. The first kappa shape index (κ1) is 12.3. The number of esters is 1. The van der Waals surface area contributed by atoms with E-state index in [9.17, 15) is 4.79 Å². The first-order valence-electron chi connectivity index (χ1n) is 5.98. The van der Waals surface area contributed by atoms with E-state index in [4.69, 9.17) is 4.74 Å². The van der Waals surface area contributed by atoms with E-state index >= 15 is 0 Å². The number of hydrogen-bond donors (Lipinski definition) is 0. The van der Waals surface area contributed by atoms with Crippen molar-refractivity contribution in [1.82, 2.24) is 0 Å². The maximum absolute atomic E-state index is 11.4. The summed E-state index contributed by atoms with van der Waals surface area (Å²) >= 11 is 0. The monoisotopic (exact) mass is 210 g/mol. The van der Waals surface area contributed by atoms with Gasteiger partial charge in [-0.2, -0.15) is 0 Å². The Morgan fingerprint density at radius 1 is 1.53 bits per heavy atom. The molecule has 0 N–H and O–H groups in total. The molecule has 0 radical (unpaired) electrons. The highest BCUT2D eigenvalue weighted by molar-refractivity contribution is 5.82. The van der Waals surface area contributed by atoms with Gasteiger partial charge in [-0.1, -0.05) is 25.8 Å². The minimum absolute atomic E-state index is 0.164. The molecule has 1 rings (SSSR count). The molecule has 0 bridgehead atoms. The van der Waals surface area contributed by atoms with Gasteiger partial charge in [0.15, 0.2) is 0 Å². The Balaban J connectivity index is 2.27. The van der Waals surface area contributed by atoms with E-state index in [-0.39, 0.29) is 5.97 Å². The molecule has 2 heteroatoms. The first-order chi connectivity index (χ1) is 7.13. The van der Waals surface area contributed by atoms with Crippen molar-refractivity contribution in [3.63, 3.8) is 0 Å². The van der Waals surface area contributed by atoms with Crippen molar-refractivity contribution in [3.8, 4) is 0 Å². The smallest absolute Gasteiger partial charge is 0.330 e. The molecule has 1 atom stereocenters. The van der Waals surface area contributed by atoms with Gasteiger partial charge in [-0.25, -0.2) is 4.79 Å². The summed E-state index contributed by atoms with van der Waals surface area (Å²) < 4.78 is 5.15. The molecular weight excluding hydrogens is 188 g/mol. The molecule has 1 saturated carbocycles. The van der Waals surface area contributed by atoms with Crippen molar-refractivity contribution in [3.05, 3.63) is 11.6 Å². The maximum Gasteiger partial charge on any atom is 0.330 e. The molecule has 2 nitrogen and oxygen atoms in total. The van der Waals surface area contributed by atoms with Crippen LogP contribution in [0.1, 0.15) is 46.5 Å². The Bertz CT molecular complexity index is 239. The molecule has 1 fully saturated rings. The quantitative estimate of drug-likeness (QED) is 0.496. The van der Waals surface area contributed by atoms with Crippen LogP contribution < -0.4 is 0 Å². The molecule has 1 unspecified atom stereocenters. The molecule has 15 heavy (non-hydrogen) atoms. The summed E-state index contributed by atoms with van der Waals surface area (Å²) in [6, 6.07) is 0. The molecule has 0 saturated heterocycles. The van der Waals surface area contributed by atoms with Gasteiger partial charge in [0.25, 0.3) is 0 Å². The van der Waals surface area contributed by atoms with Gasteiger partial charge < -0.3 is 4.74 Å². The van der Waals surface area contributed by atoms with Gasteiger partial charge in [-0.15, -0.1) is 0 Å². The van der Waals surface area contributed by atoms with Gasteiger partial charge in [0.1, 0.15) is 0 Å². The first-order valence-corrected chi connectivity index (χ1v) is 5.98. The van der Waals surface area contributed by atoms with Crippen LogP contribution in [-0.2, 0) is 9.53 Å². The normalized spacial score (nSPS) is 18.7. The lowest BCUT2D eigenvalue weighted by Gasteiger charge is -2.10. The lowest BCUT2D eigenvalue weighted by atomic mass is 9.97. The van der Waals surface area contributed by atoms with Crippen LogP contribution >= 0.6 is 0 Å². The van der Waals surface area contributed by atoms with E-state index in [2.05, 4.69) is 13.8 Å². The number of carbonyl (C=O) groups is 1. The van der Waals surface area contributed by atoms with Crippen LogP contribution in [0.15, 0.2) is 11.6 Å². The van der Waals surface area contributed by atoms with Gasteiger partial charge >= 0.3 is 5.97 Å². The lowest BCUT2D eigenvalue weighted by molar-refractivity contribution is -0.138. The number of rotatable bonds is 6. The van der Waals surface area contributed by atoms with Gasteiger partial charge in [-0.05, 0) is 38.0 Å². The fourth-order valence-corrected chi connectivity index (χ4v) is 1.52. The fourth-order valence-electron chi connectivity index (χ4n) is 1.52. The summed E-state index contributed by atoms with van der Waals surface area (Å²) in [6.45, 7) is 6.95. The van der Waals surface area contributed by atoms with Crippen LogP contribution in [0.3, 0.4) is 0 Å². The third-order valence-corrected chi connectivity index (χ3v) is 3.00. The van der Waals surface area contributed by atoms with Crippen molar-refractivity contribution in [1.29, 1.82) is 0 Å². The zero-order valence-corrected chi connectivity index (χ0v) is 10.1. The van der Waals surface area contributed by atoms with Crippen LogP contribution in [-0.4, -0.2) is 12.6 Å². The minimum Gasteiger partial charge on any atom is -0.462 e. The molecule has 0 aliphatic heterocycles. The maximum atomic E-state index is 11.4. The third-order valence-electron chi connectivity index (χ3n) is 3.00. The molecule has 0 spiro atoms. The second-order valence-electron chi connectivity index (χ2n) is 4.65. The van der Waals surface area contributed by atoms with Crippen LogP contribution in [0, 0.1) is 11.8 Å². The largest absolute Gasteiger partial charge is 0.462 e. The van der Waals surface area contributed by atoms with Crippen molar-refractivity contribution in [2.24, 2.45) is 11.8 Å². The molecule has 1 aliphatic carbocycles. The van der Waals surface area contributed by atoms with Crippen molar-refractivity contribution < 1.29 is 9.53 Å². The van der Waals surface area contributed by atoms with E-state index in [0.29, 0.717) is 18.4 Å². The van der Waals surface area contributed by atoms with Crippen molar-refractivity contribution in [2.45, 2.75) is 46.5 Å². The molecule has 0 aromatic heterocycles. The van der Waals surface area contributed by atoms with Crippen molar-refractivity contribution >= 4 is 5.97 Å². The molecule has 86 valence electrons. The summed E-state index contributed by atoms with van der Waals surface area (Å²) in [5.41, 5.74) is 1.14. The summed E-state index contributed by atoms with van der Waals surface area (Å²) in [5.74, 6) is 0.974. The summed E-state index contributed by atoms with van der Waals surface area (Å²) in [5, 5.41) is 0. The lowest BCUT2D eigenvalue weighted by Crippen LogP contribution is -2.06. The molecule has 0 aromatic carbocycles. The van der Waals surface area contributed by atoms with Crippen LogP contribution in [0.2, 0.25) is 0 Å². The average molecular weight is 210 g/mol. The van der Waals surface area contributed by atoms with Gasteiger partial charge in [-0.3, -0.25) is 0 Å². The highest BCUT2D eigenvalue weighted by Crippen LogP contribution is 2.28. The second-order valence-corrected chi connectivity index (χ2v) is 4.65. The van der Waals surface area contributed by atoms with E-state index < -0.39 is 0 Å². The van der Waals surface area contributed by atoms with Crippen LogP contribution in [0.5, 0.6) is 0 Å². The SMILES string of the molecule is CCCC(C)C(C)=CC(=O)OCC1CC1. The van der Waals surface area contributed by atoms with E-state index in [1.807, 2.05) is 6.92 Å². The average Bonchev–Trinajstić information content (AvgIpc) is 2.98. The summed E-state index contributed by atoms with van der Waals surface area (Å²) in [4.78, 5) is 11.4. The van der Waals surface area contributed by atoms with Gasteiger partial charge in [0.05, 0.1) is 6.61 Å². The predicted molar refractivity (Wildman–Crippen MR) is 61.5 cm³/mol. The zero-order valence-electron chi connectivity index (χ0n) is 10.1. The molecule has 0 aromatic rings. The third kappa shape index (κ3) is 5.01. The molecule has 1 aliphatic rings. The second kappa shape index (κ2) is 5.94. The van der Waals surface area contributed by atoms with Gasteiger partial charge in [0, 0.05) is 6.08 Å². The number of allylic oxidation sites excluding steroid dienone is 1. The Labute approximate surface area is 92.7 Å². The Morgan fingerprint density at radius 3 is 2.73 bits per heavy atom. The van der Waals surface area contributed by atoms with Crippen LogP contribution in [0.4, 0.5) is 0 Å². The standard InChI is InChI=1S/C13H22O2/c1-4-5-10(2)11(3)8-13(14)15-9-12-6-7-12/h8,10,12H,4-7,9H2,1-3H3. The van der Waals surface area contributed by atoms with E-state index in [1.54, 1.807) is 6.08 Å². The summed E-state index contributed by atoms with van der Waals surface area (Å²) in [6.07, 6.45) is 6.40.